The number of benzene rings is 3. The van der Waals surface area contributed by atoms with Gasteiger partial charge in [0.2, 0.25) is 5.82 Å². The van der Waals surface area contributed by atoms with E-state index in [1.54, 1.807) is 0 Å². The van der Waals surface area contributed by atoms with Crippen LogP contribution in [-0.2, 0) is 15.1 Å². The highest BCUT2D eigenvalue weighted by Crippen LogP contribution is 2.42. The van der Waals surface area contributed by atoms with Crippen molar-refractivity contribution in [3.8, 4) is 0 Å². The van der Waals surface area contributed by atoms with Crippen LogP contribution in [0, 0.1) is 5.82 Å². The number of hydrogen-bond donors (Lipinski definition) is 2. The summed E-state index contributed by atoms with van der Waals surface area (Å²) < 4.78 is 27.5. The van der Waals surface area contributed by atoms with Gasteiger partial charge in [-0.05, 0) is 16.7 Å². The predicted molar refractivity (Wildman–Crippen MR) is 139 cm³/mol. The van der Waals surface area contributed by atoms with Gasteiger partial charge >= 0.3 is 5.69 Å². The van der Waals surface area contributed by atoms with Gasteiger partial charge in [0.25, 0.3) is 5.56 Å². The van der Waals surface area contributed by atoms with Gasteiger partial charge < -0.3 is 14.6 Å². The third-order valence-corrected chi connectivity index (χ3v) is 7.62. The van der Waals surface area contributed by atoms with Gasteiger partial charge in [-0.15, -0.1) is 0 Å². The van der Waals surface area contributed by atoms with Crippen molar-refractivity contribution in [1.82, 2.24) is 9.55 Å². The molecule has 1 saturated heterocycles. The van der Waals surface area contributed by atoms with E-state index < -0.39 is 45.9 Å². The summed E-state index contributed by atoms with van der Waals surface area (Å²) in [7, 11) is 0. The number of hydrogen-bond acceptors (Lipinski definition) is 5. The minimum atomic E-state index is -1.23. The molecular weight excluding hydrogens is 543 g/mol. The summed E-state index contributed by atoms with van der Waals surface area (Å²) in [4.78, 5) is 25.0. The number of rotatable bonds is 7. The van der Waals surface area contributed by atoms with Crippen molar-refractivity contribution in [2.45, 2.75) is 28.9 Å². The minimum Gasteiger partial charge on any atom is -0.387 e. The Balaban J connectivity index is 1.53. The van der Waals surface area contributed by atoms with E-state index in [1.165, 1.54) is 0 Å². The van der Waals surface area contributed by atoms with Gasteiger partial charge in [0, 0.05) is 0 Å². The van der Waals surface area contributed by atoms with E-state index in [0.29, 0.717) is 0 Å². The quantitative estimate of drug-likeness (QED) is 0.263. The lowest BCUT2D eigenvalue weighted by Crippen LogP contribution is -2.38. The summed E-state index contributed by atoms with van der Waals surface area (Å²) in [5.74, 6) is -1.16. The standard InChI is InChI=1S/C28H24BrFN2O5/c29-23-22(37-26(24(23)33)32-16-21(30)25(34)31-27(32)35)17-36-28(18-10-4-1-5-11-18,19-12-6-2-7-13-19)20-14-8-3-9-15-20/h1-16,22-24,26,33H,17H2,(H,31,34,35)/t22-,23-,24+,26-/m1/s1. The Morgan fingerprint density at radius 1 is 0.919 bits per heavy atom. The smallest absolute Gasteiger partial charge is 0.330 e. The fourth-order valence-corrected chi connectivity index (χ4v) is 5.24. The molecule has 0 amide bonds. The van der Waals surface area contributed by atoms with E-state index in [2.05, 4.69) is 15.9 Å². The van der Waals surface area contributed by atoms with Crippen LogP contribution in [0.1, 0.15) is 22.9 Å². The first kappa shape index (κ1) is 25.3. The van der Waals surface area contributed by atoms with Crippen LogP contribution in [0.5, 0.6) is 0 Å². The average Bonchev–Trinajstić information content (AvgIpc) is 3.21. The lowest BCUT2D eigenvalue weighted by molar-refractivity contribution is -0.0874. The maximum atomic E-state index is 13.9. The van der Waals surface area contributed by atoms with Crippen LogP contribution in [0.4, 0.5) is 4.39 Å². The molecule has 0 unspecified atom stereocenters. The fraction of sp³-hybridized carbons (Fsp3) is 0.214. The molecule has 0 spiro atoms. The number of nitrogens with one attached hydrogen (secondary N) is 1. The highest BCUT2D eigenvalue weighted by Gasteiger charge is 2.46. The number of ether oxygens (including phenoxy) is 2. The number of halogens is 2. The van der Waals surface area contributed by atoms with Crippen molar-refractivity contribution >= 4 is 15.9 Å². The van der Waals surface area contributed by atoms with Crippen LogP contribution in [0.25, 0.3) is 0 Å². The molecule has 0 radical (unpaired) electrons. The average molecular weight is 567 g/mol. The van der Waals surface area contributed by atoms with E-state index in [9.17, 15) is 19.1 Å². The third-order valence-electron chi connectivity index (χ3n) is 6.49. The largest absolute Gasteiger partial charge is 0.387 e. The number of nitrogens with zero attached hydrogens (tertiary/aromatic N) is 1. The first-order valence-electron chi connectivity index (χ1n) is 11.7. The van der Waals surface area contributed by atoms with E-state index in [4.69, 9.17) is 9.47 Å². The molecule has 190 valence electrons. The zero-order chi connectivity index (χ0) is 26.0. The van der Waals surface area contributed by atoms with Crippen molar-refractivity contribution < 1.29 is 19.0 Å². The summed E-state index contributed by atoms with van der Waals surface area (Å²) in [5, 5.41) is 10.8. The predicted octanol–water partition coefficient (Wildman–Crippen LogP) is 3.71. The fourth-order valence-electron chi connectivity index (χ4n) is 4.70. The maximum Gasteiger partial charge on any atom is 0.330 e. The Morgan fingerprint density at radius 2 is 1.41 bits per heavy atom. The second-order valence-electron chi connectivity index (χ2n) is 8.73. The molecule has 4 aromatic rings. The van der Waals surface area contributed by atoms with Crippen molar-refractivity contribution in [3.05, 3.63) is 141 Å². The lowest BCUT2D eigenvalue weighted by atomic mass is 9.80. The second kappa shape index (κ2) is 10.5. The lowest BCUT2D eigenvalue weighted by Gasteiger charge is -2.37. The van der Waals surface area contributed by atoms with E-state index in [1.807, 2.05) is 96.0 Å². The van der Waals surface area contributed by atoms with Crippen LogP contribution in [0.2, 0.25) is 0 Å². The summed E-state index contributed by atoms with van der Waals surface area (Å²) in [6.45, 7) is 0.0166. The molecule has 1 aliphatic heterocycles. The van der Waals surface area contributed by atoms with Gasteiger partial charge in [0.05, 0.1) is 23.7 Å². The molecule has 2 heterocycles. The van der Waals surface area contributed by atoms with Crippen LogP contribution in [-0.4, -0.2) is 38.3 Å². The molecule has 1 aliphatic rings. The number of aliphatic hydroxyl groups excluding tert-OH is 1. The maximum absolute atomic E-state index is 13.9. The molecule has 4 atom stereocenters. The molecular formula is C28H24BrFN2O5. The van der Waals surface area contributed by atoms with Crippen molar-refractivity contribution in [1.29, 1.82) is 0 Å². The third kappa shape index (κ3) is 4.71. The van der Waals surface area contributed by atoms with E-state index in [-0.39, 0.29) is 6.61 Å². The van der Waals surface area contributed by atoms with Crippen molar-refractivity contribution in [3.63, 3.8) is 0 Å². The zero-order valence-corrected chi connectivity index (χ0v) is 21.1. The molecule has 9 heteroatoms. The normalized spacial score (nSPS) is 21.7. The molecule has 37 heavy (non-hydrogen) atoms. The monoisotopic (exact) mass is 566 g/mol. The molecule has 1 aromatic heterocycles. The summed E-state index contributed by atoms with van der Waals surface area (Å²) in [5.41, 5.74) is -0.344. The van der Waals surface area contributed by atoms with Crippen LogP contribution in [0.15, 0.2) is 107 Å². The Hall–Kier alpha value is -3.37. The number of H-pyrrole nitrogens is 1. The first-order chi connectivity index (χ1) is 17.9. The molecule has 0 bridgehead atoms. The number of aromatic amines is 1. The molecule has 7 nitrogen and oxygen atoms in total. The Labute approximate surface area is 220 Å². The molecule has 0 saturated carbocycles. The summed E-state index contributed by atoms with van der Waals surface area (Å²) in [6, 6.07) is 29.4. The van der Waals surface area contributed by atoms with Gasteiger partial charge in [-0.1, -0.05) is 107 Å². The Bertz CT molecular complexity index is 1370. The van der Waals surface area contributed by atoms with Gasteiger partial charge in [0.1, 0.15) is 11.7 Å². The SMILES string of the molecule is O=c1[nH]c(=O)n([C@@H]2O[C@H](COC(c3ccccc3)(c3ccccc3)c3ccccc3)[C@@H](Br)[C@@H]2O)cc1F. The molecule has 5 rings (SSSR count). The molecule has 0 aliphatic carbocycles. The highest BCUT2D eigenvalue weighted by molar-refractivity contribution is 9.09. The molecule has 1 fully saturated rings. The van der Waals surface area contributed by atoms with Crippen molar-refractivity contribution in [2.75, 3.05) is 6.61 Å². The zero-order valence-electron chi connectivity index (χ0n) is 19.5. The number of aromatic nitrogens is 2. The van der Waals surface area contributed by atoms with Gasteiger partial charge in [-0.2, -0.15) is 4.39 Å². The van der Waals surface area contributed by atoms with E-state index in [0.717, 1.165) is 27.5 Å². The summed E-state index contributed by atoms with van der Waals surface area (Å²) >= 11 is 3.47. The second-order valence-corrected chi connectivity index (χ2v) is 9.79. The van der Waals surface area contributed by atoms with Crippen LogP contribution < -0.4 is 11.2 Å². The Morgan fingerprint density at radius 3 is 1.89 bits per heavy atom. The molecule has 2 N–H and O–H groups in total. The van der Waals surface area contributed by atoms with Crippen molar-refractivity contribution in [2.24, 2.45) is 0 Å². The molecule has 3 aromatic carbocycles. The van der Waals surface area contributed by atoms with Gasteiger partial charge in [-0.3, -0.25) is 14.3 Å². The van der Waals surface area contributed by atoms with Crippen LogP contribution in [0.3, 0.4) is 0 Å². The van der Waals surface area contributed by atoms with E-state index >= 15 is 0 Å². The highest BCUT2D eigenvalue weighted by atomic mass is 79.9. The Kier molecular flexibility index (Phi) is 7.21. The number of alkyl halides is 1. The van der Waals surface area contributed by atoms with Crippen LogP contribution >= 0.6 is 15.9 Å². The van der Waals surface area contributed by atoms with Gasteiger partial charge in [0.15, 0.2) is 6.23 Å². The first-order valence-corrected chi connectivity index (χ1v) is 12.6. The topological polar surface area (TPSA) is 93.6 Å². The minimum absolute atomic E-state index is 0.0166. The van der Waals surface area contributed by atoms with Gasteiger partial charge in [-0.25, -0.2) is 4.79 Å². The summed E-state index contributed by atoms with van der Waals surface area (Å²) in [6.07, 6.45) is -2.41. The number of aliphatic hydroxyl groups is 1.